The fraction of sp³-hybridized carbons (Fsp3) is 1.00. The molecule has 2 aliphatic carbocycles. The van der Waals surface area contributed by atoms with Gasteiger partial charge < -0.3 is 0 Å². The summed E-state index contributed by atoms with van der Waals surface area (Å²) in [7, 11) is 0. The normalized spacial score (nSPS) is 43.4. The summed E-state index contributed by atoms with van der Waals surface area (Å²) in [6.45, 7) is 4.79. The molecular formula is C11H20. The molecule has 64 valence electrons. The first-order chi connectivity index (χ1) is 5.27. The van der Waals surface area contributed by atoms with Crippen molar-refractivity contribution in [3.63, 3.8) is 0 Å². The molecule has 0 saturated heterocycles. The maximum atomic E-state index is 2.39. The van der Waals surface area contributed by atoms with Crippen molar-refractivity contribution in [2.24, 2.45) is 23.7 Å². The minimum absolute atomic E-state index is 0.945. The third-order valence-corrected chi connectivity index (χ3v) is 3.97. The Kier molecular flexibility index (Phi) is 1.95. The molecular weight excluding hydrogens is 132 g/mol. The molecule has 0 aromatic carbocycles. The van der Waals surface area contributed by atoms with Crippen LogP contribution in [-0.4, -0.2) is 0 Å². The molecule has 0 nitrogen and oxygen atoms in total. The Balaban J connectivity index is 1.94. The van der Waals surface area contributed by atoms with Crippen molar-refractivity contribution in [3.8, 4) is 0 Å². The average Bonchev–Trinajstić information content (AvgIpc) is 2.40. The summed E-state index contributed by atoms with van der Waals surface area (Å²) < 4.78 is 0. The van der Waals surface area contributed by atoms with Crippen molar-refractivity contribution < 1.29 is 0 Å². The maximum absolute atomic E-state index is 2.39. The van der Waals surface area contributed by atoms with Gasteiger partial charge in [-0.25, -0.2) is 0 Å². The first-order valence-corrected chi connectivity index (χ1v) is 5.27. The van der Waals surface area contributed by atoms with Crippen molar-refractivity contribution in [1.82, 2.24) is 0 Å². The van der Waals surface area contributed by atoms with Gasteiger partial charge in [-0.1, -0.05) is 33.1 Å². The molecule has 2 fully saturated rings. The molecule has 0 spiro atoms. The topological polar surface area (TPSA) is 0 Å². The first-order valence-electron chi connectivity index (χ1n) is 5.27. The molecule has 0 amide bonds. The van der Waals surface area contributed by atoms with Gasteiger partial charge in [0.25, 0.3) is 0 Å². The predicted octanol–water partition coefficient (Wildman–Crippen LogP) is 3.47. The minimum atomic E-state index is 0.945. The van der Waals surface area contributed by atoms with Crippen molar-refractivity contribution in [1.29, 1.82) is 0 Å². The van der Waals surface area contributed by atoms with Crippen LogP contribution in [-0.2, 0) is 0 Å². The van der Waals surface area contributed by atoms with Gasteiger partial charge in [0.05, 0.1) is 0 Å². The zero-order chi connectivity index (χ0) is 7.84. The monoisotopic (exact) mass is 152 g/mol. The van der Waals surface area contributed by atoms with Gasteiger partial charge in [-0.15, -0.1) is 0 Å². The van der Waals surface area contributed by atoms with Crippen molar-refractivity contribution in [2.45, 2.75) is 46.0 Å². The molecule has 0 heterocycles. The predicted molar refractivity (Wildman–Crippen MR) is 48.4 cm³/mol. The molecule has 0 N–H and O–H groups in total. The van der Waals surface area contributed by atoms with Crippen LogP contribution < -0.4 is 0 Å². The molecule has 0 radical (unpaired) electrons. The molecule has 2 rings (SSSR count). The van der Waals surface area contributed by atoms with E-state index in [2.05, 4.69) is 13.8 Å². The lowest BCUT2D eigenvalue weighted by molar-refractivity contribution is 0.367. The summed E-state index contributed by atoms with van der Waals surface area (Å²) in [5, 5.41) is 0. The van der Waals surface area contributed by atoms with Crippen LogP contribution in [0.5, 0.6) is 0 Å². The Morgan fingerprint density at radius 1 is 1.00 bits per heavy atom. The Bertz CT molecular complexity index is 125. The van der Waals surface area contributed by atoms with Gasteiger partial charge in [0, 0.05) is 0 Å². The van der Waals surface area contributed by atoms with Gasteiger partial charge in [-0.3, -0.25) is 0 Å². The van der Waals surface area contributed by atoms with Crippen LogP contribution in [0.3, 0.4) is 0 Å². The fourth-order valence-electron chi connectivity index (χ4n) is 3.15. The quantitative estimate of drug-likeness (QED) is 0.539. The maximum Gasteiger partial charge on any atom is -0.0383 e. The summed E-state index contributed by atoms with van der Waals surface area (Å²) in [5.74, 6) is 4.30. The lowest BCUT2D eigenvalue weighted by Crippen LogP contribution is -2.04. The molecule has 2 saturated carbocycles. The summed E-state index contributed by atoms with van der Waals surface area (Å²) >= 11 is 0. The van der Waals surface area contributed by atoms with Crippen LogP contribution in [0, 0.1) is 23.7 Å². The second-order valence-corrected chi connectivity index (χ2v) is 4.93. The SMILES string of the molecule is CC(C)C1CC2CCCC2C1. The van der Waals surface area contributed by atoms with E-state index in [1.165, 1.54) is 6.42 Å². The molecule has 0 heteroatoms. The Morgan fingerprint density at radius 2 is 1.55 bits per heavy atom. The van der Waals surface area contributed by atoms with E-state index >= 15 is 0 Å². The van der Waals surface area contributed by atoms with Crippen LogP contribution in [0.25, 0.3) is 0 Å². The molecule has 0 aromatic heterocycles. The third kappa shape index (κ3) is 1.32. The lowest BCUT2D eigenvalue weighted by Gasteiger charge is -2.14. The Hall–Kier alpha value is 0. The molecule has 2 aliphatic rings. The third-order valence-electron chi connectivity index (χ3n) is 3.97. The standard InChI is InChI=1S/C11H20/c1-8(2)11-6-9-4-3-5-10(9)7-11/h8-11H,3-7H2,1-2H3. The van der Waals surface area contributed by atoms with Crippen molar-refractivity contribution in [2.75, 3.05) is 0 Å². The largest absolute Gasteiger partial charge is 0.0625 e. The highest BCUT2D eigenvalue weighted by Crippen LogP contribution is 2.48. The lowest BCUT2D eigenvalue weighted by atomic mass is 9.92. The van der Waals surface area contributed by atoms with E-state index in [9.17, 15) is 0 Å². The molecule has 0 bridgehead atoms. The van der Waals surface area contributed by atoms with Crippen LogP contribution in [0.1, 0.15) is 46.0 Å². The van der Waals surface area contributed by atoms with Crippen LogP contribution in [0.2, 0.25) is 0 Å². The number of hydrogen-bond acceptors (Lipinski definition) is 0. The van der Waals surface area contributed by atoms with E-state index < -0.39 is 0 Å². The second kappa shape index (κ2) is 2.80. The van der Waals surface area contributed by atoms with Crippen LogP contribution in [0.15, 0.2) is 0 Å². The highest BCUT2D eigenvalue weighted by Gasteiger charge is 2.37. The average molecular weight is 152 g/mol. The van der Waals surface area contributed by atoms with Gasteiger partial charge in [0.15, 0.2) is 0 Å². The smallest absolute Gasteiger partial charge is 0.0383 e. The van der Waals surface area contributed by atoms with Crippen LogP contribution in [0.4, 0.5) is 0 Å². The Labute approximate surface area is 70.4 Å². The number of hydrogen-bond donors (Lipinski definition) is 0. The van der Waals surface area contributed by atoms with Crippen LogP contribution >= 0.6 is 0 Å². The van der Waals surface area contributed by atoms with Crippen molar-refractivity contribution in [3.05, 3.63) is 0 Å². The van der Waals surface area contributed by atoms with Gasteiger partial charge >= 0.3 is 0 Å². The second-order valence-electron chi connectivity index (χ2n) is 4.93. The molecule has 11 heavy (non-hydrogen) atoms. The summed E-state index contributed by atoms with van der Waals surface area (Å²) in [4.78, 5) is 0. The van der Waals surface area contributed by atoms with Gasteiger partial charge in [0.1, 0.15) is 0 Å². The number of fused-ring (bicyclic) bond motifs is 1. The van der Waals surface area contributed by atoms with Gasteiger partial charge in [-0.2, -0.15) is 0 Å². The zero-order valence-corrected chi connectivity index (χ0v) is 7.84. The number of rotatable bonds is 1. The summed E-state index contributed by atoms with van der Waals surface area (Å²) in [6, 6.07) is 0. The van der Waals surface area contributed by atoms with Gasteiger partial charge in [-0.05, 0) is 36.5 Å². The van der Waals surface area contributed by atoms with E-state index in [1.807, 2.05) is 0 Å². The molecule has 2 unspecified atom stereocenters. The minimum Gasteiger partial charge on any atom is -0.0625 e. The van der Waals surface area contributed by atoms with E-state index in [0.29, 0.717) is 0 Å². The summed E-state index contributed by atoms with van der Waals surface area (Å²) in [5.41, 5.74) is 0. The fourth-order valence-corrected chi connectivity index (χ4v) is 3.15. The van der Waals surface area contributed by atoms with Crippen molar-refractivity contribution >= 4 is 0 Å². The highest BCUT2D eigenvalue weighted by molar-refractivity contribution is 4.88. The summed E-state index contributed by atoms with van der Waals surface area (Å²) in [6.07, 6.45) is 7.74. The highest BCUT2D eigenvalue weighted by atomic mass is 14.4. The molecule has 0 aliphatic heterocycles. The van der Waals surface area contributed by atoms with Gasteiger partial charge in [0.2, 0.25) is 0 Å². The molecule has 0 aromatic rings. The Morgan fingerprint density at radius 3 is 2.00 bits per heavy atom. The van der Waals surface area contributed by atoms with E-state index in [4.69, 9.17) is 0 Å². The van der Waals surface area contributed by atoms with E-state index in [-0.39, 0.29) is 0 Å². The zero-order valence-electron chi connectivity index (χ0n) is 7.84. The molecule has 2 atom stereocenters. The van der Waals surface area contributed by atoms with E-state index in [1.54, 1.807) is 25.7 Å². The first kappa shape index (κ1) is 7.64. The van der Waals surface area contributed by atoms with E-state index in [0.717, 1.165) is 23.7 Å².